The smallest absolute Gasteiger partial charge is 0.141 e. The number of aryl methyl sites for hydroxylation is 1. The van der Waals surface area contributed by atoms with Crippen molar-refractivity contribution in [1.29, 1.82) is 0 Å². The topological polar surface area (TPSA) is 66.6 Å². The summed E-state index contributed by atoms with van der Waals surface area (Å²) < 4.78 is 0. The molecular weight excluding hydrogens is 360 g/mol. The lowest BCUT2D eigenvalue weighted by Crippen LogP contribution is -2.34. The summed E-state index contributed by atoms with van der Waals surface area (Å²) in [4.78, 5) is 15.0. The molecule has 1 aliphatic carbocycles. The lowest BCUT2D eigenvalue weighted by Gasteiger charge is -2.31. The number of phenolic OH excluding ortho intramolecular Hbond substituents is 1. The van der Waals surface area contributed by atoms with Gasteiger partial charge in [-0.1, -0.05) is 36.9 Å². The largest absolute Gasteiger partial charge is 0.508 e. The highest BCUT2D eigenvalue weighted by Crippen LogP contribution is 2.48. The molecule has 29 heavy (non-hydrogen) atoms. The van der Waals surface area contributed by atoms with Crippen molar-refractivity contribution >= 4 is 11.5 Å². The van der Waals surface area contributed by atoms with Crippen molar-refractivity contribution in [2.75, 3.05) is 19.0 Å². The Bertz CT molecular complexity index is 946. The molecule has 3 N–H and O–H groups in total. The van der Waals surface area contributed by atoms with Crippen LogP contribution in [0.1, 0.15) is 36.5 Å². The van der Waals surface area contributed by atoms with E-state index in [9.17, 15) is 9.90 Å². The highest BCUT2D eigenvalue weighted by molar-refractivity contribution is 5.91. The van der Waals surface area contributed by atoms with Crippen LogP contribution in [-0.4, -0.2) is 25.0 Å². The number of hydrogen-bond donors (Lipinski definition) is 2. The van der Waals surface area contributed by atoms with E-state index in [0.29, 0.717) is 12.8 Å². The molecule has 0 unspecified atom stereocenters. The van der Waals surface area contributed by atoms with Crippen LogP contribution in [0.25, 0.3) is 0 Å². The maximum absolute atomic E-state index is 12.9. The van der Waals surface area contributed by atoms with Crippen molar-refractivity contribution in [3.8, 4) is 5.75 Å². The van der Waals surface area contributed by atoms with Gasteiger partial charge in [0.2, 0.25) is 0 Å². The van der Waals surface area contributed by atoms with Crippen LogP contribution in [0, 0.1) is 13.8 Å². The molecule has 1 atom stereocenters. The van der Waals surface area contributed by atoms with Crippen molar-refractivity contribution < 1.29 is 9.90 Å². The quantitative estimate of drug-likeness (QED) is 0.768. The SMILES string of the molecule is C=CC1=C(N(C)c2cccc(O)c2)C[C@](C(C)=O)(c2cccc(C)c2C)C1.CN. The van der Waals surface area contributed by atoms with Gasteiger partial charge >= 0.3 is 0 Å². The van der Waals surface area contributed by atoms with Gasteiger partial charge in [0.05, 0.1) is 5.41 Å². The third-order valence-electron chi connectivity index (χ3n) is 5.99. The minimum Gasteiger partial charge on any atom is -0.508 e. The molecule has 4 nitrogen and oxygen atoms in total. The van der Waals surface area contributed by atoms with Gasteiger partial charge in [0.1, 0.15) is 11.5 Å². The van der Waals surface area contributed by atoms with Gasteiger partial charge in [-0.3, -0.25) is 4.79 Å². The van der Waals surface area contributed by atoms with E-state index >= 15 is 0 Å². The zero-order valence-electron chi connectivity index (χ0n) is 18.1. The van der Waals surface area contributed by atoms with Crippen LogP contribution >= 0.6 is 0 Å². The molecule has 2 aromatic carbocycles. The van der Waals surface area contributed by atoms with E-state index < -0.39 is 5.41 Å². The molecule has 154 valence electrons. The molecule has 0 saturated carbocycles. The van der Waals surface area contributed by atoms with E-state index in [1.54, 1.807) is 19.1 Å². The molecule has 3 rings (SSSR count). The summed E-state index contributed by atoms with van der Waals surface area (Å²) in [5.41, 5.74) is 10.5. The van der Waals surface area contributed by atoms with Crippen molar-refractivity contribution in [3.05, 3.63) is 83.1 Å². The highest BCUT2D eigenvalue weighted by atomic mass is 16.3. The predicted molar refractivity (Wildman–Crippen MR) is 121 cm³/mol. The molecule has 1 aliphatic rings. The number of aromatic hydroxyl groups is 1. The van der Waals surface area contributed by atoms with E-state index in [0.717, 1.165) is 22.5 Å². The van der Waals surface area contributed by atoms with Crippen LogP contribution in [0.3, 0.4) is 0 Å². The fraction of sp³-hybridized carbons (Fsp3) is 0.320. The Morgan fingerprint density at radius 1 is 1.17 bits per heavy atom. The molecule has 0 aliphatic heterocycles. The average molecular weight is 393 g/mol. The van der Waals surface area contributed by atoms with E-state index in [4.69, 9.17) is 0 Å². The lowest BCUT2D eigenvalue weighted by atomic mass is 9.72. The van der Waals surface area contributed by atoms with E-state index in [-0.39, 0.29) is 11.5 Å². The van der Waals surface area contributed by atoms with Crippen LogP contribution in [0.5, 0.6) is 5.75 Å². The fourth-order valence-corrected chi connectivity index (χ4v) is 4.17. The normalized spacial score (nSPS) is 18.1. The third-order valence-corrected chi connectivity index (χ3v) is 5.99. The number of Topliss-reactive ketones (excluding diaryl/α,β-unsaturated/α-hetero) is 1. The second-order valence-corrected chi connectivity index (χ2v) is 7.49. The zero-order valence-corrected chi connectivity index (χ0v) is 18.1. The monoisotopic (exact) mass is 392 g/mol. The highest BCUT2D eigenvalue weighted by Gasteiger charge is 2.45. The maximum Gasteiger partial charge on any atom is 0.141 e. The van der Waals surface area contributed by atoms with Crippen LogP contribution in [0.2, 0.25) is 0 Å². The summed E-state index contributed by atoms with van der Waals surface area (Å²) >= 11 is 0. The van der Waals surface area contributed by atoms with Crippen LogP contribution < -0.4 is 10.6 Å². The number of benzene rings is 2. The summed E-state index contributed by atoms with van der Waals surface area (Å²) in [5.74, 6) is 0.403. The Morgan fingerprint density at radius 3 is 2.41 bits per heavy atom. The fourth-order valence-electron chi connectivity index (χ4n) is 4.17. The molecule has 2 aromatic rings. The molecule has 0 bridgehead atoms. The summed E-state index contributed by atoms with van der Waals surface area (Å²) in [6, 6.07) is 13.4. The number of nitrogens with two attached hydrogens (primary N) is 1. The predicted octanol–water partition coefficient (Wildman–Crippen LogP) is 4.78. The maximum atomic E-state index is 12.9. The van der Waals surface area contributed by atoms with E-state index in [1.807, 2.05) is 31.3 Å². The van der Waals surface area contributed by atoms with Crippen LogP contribution in [0.15, 0.2) is 66.4 Å². The number of carbonyl (C=O) groups is 1. The molecule has 0 saturated heterocycles. The molecule has 0 aromatic heterocycles. The Hall–Kier alpha value is -2.85. The van der Waals surface area contributed by atoms with Crippen molar-refractivity contribution in [2.45, 2.75) is 39.0 Å². The van der Waals surface area contributed by atoms with E-state index in [2.05, 4.69) is 43.2 Å². The van der Waals surface area contributed by atoms with Gasteiger partial charge in [0.15, 0.2) is 0 Å². The van der Waals surface area contributed by atoms with Gasteiger partial charge in [-0.05, 0) is 68.6 Å². The summed E-state index contributed by atoms with van der Waals surface area (Å²) in [6.07, 6.45) is 3.14. The number of carbonyl (C=O) groups excluding carboxylic acids is 1. The number of nitrogens with zero attached hydrogens (tertiary/aromatic N) is 1. The van der Waals surface area contributed by atoms with Crippen LogP contribution in [0.4, 0.5) is 5.69 Å². The minimum atomic E-state index is -0.569. The number of phenols is 1. The number of rotatable bonds is 5. The number of ketones is 1. The summed E-state index contributed by atoms with van der Waals surface area (Å²) in [5, 5.41) is 9.85. The molecular formula is C25H32N2O2. The average Bonchev–Trinajstić information content (AvgIpc) is 3.12. The van der Waals surface area contributed by atoms with Crippen molar-refractivity contribution in [2.24, 2.45) is 5.73 Å². The van der Waals surface area contributed by atoms with Crippen molar-refractivity contribution in [1.82, 2.24) is 0 Å². The van der Waals surface area contributed by atoms with E-state index in [1.165, 1.54) is 18.2 Å². The molecule has 0 amide bonds. The first-order valence-corrected chi connectivity index (χ1v) is 9.83. The number of hydrogen-bond acceptors (Lipinski definition) is 4. The second-order valence-electron chi connectivity index (χ2n) is 7.49. The molecule has 0 heterocycles. The molecule has 0 radical (unpaired) electrons. The molecule has 4 heteroatoms. The lowest BCUT2D eigenvalue weighted by molar-refractivity contribution is -0.122. The minimum absolute atomic E-state index is 0.176. The Morgan fingerprint density at radius 2 is 1.83 bits per heavy atom. The molecule has 0 spiro atoms. The summed E-state index contributed by atoms with van der Waals surface area (Å²) in [7, 11) is 3.48. The third kappa shape index (κ3) is 4.13. The first-order chi connectivity index (χ1) is 13.8. The van der Waals surface area contributed by atoms with Crippen LogP contribution in [-0.2, 0) is 10.2 Å². The van der Waals surface area contributed by atoms with Gasteiger partial charge in [-0.2, -0.15) is 0 Å². The first kappa shape index (κ1) is 22.4. The van der Waals surface area contributed by atoms with Crippen molar-refractivity contribution in [3.63, 3.8) is 0 Å². The second kappa shape index (κ2) is 9.10. The Kier molecular flexibility index (Phi) is 7.04. The standard InChI is InChI=1S/C24H27NO2.CH5N/c1-6-19-14-24(18(4)26,22-12-7-9-16(2)17(22)3)15-23(19)25(5)20-10-8-11-21(27)13-20;1-2/h6-13,27H,1,14-15H2,2-5H3;2H2,1H3/t24-;/m1./s1. The van der Waals surface area contributed by atoms with Gasteiger partial charge in [-0.15, -0.1) is 0 Å². The Labute approximate surface area is 174 Å². The van der Waals surface area contributed by atoms with Gasteiger partial charge in [0.25, 0.3) is 0 Å². The number of allylic oxidation sites excluding steroid dienone is 3. The first-order valence-electron chi connectivity index (χ1n) is 9.83. The summed E-state index contributed by atoms with van der Waals surface area (Å²) in [6.45, 7) is 9.88. The van der Waals surface area contributed by atoms with Gasteiger partial charge in [-0.25, -0.2) is 0 Å². The number of anilines is 1. The molecule has 0 fully saturated rings. The zero-order chi connectivity index (χ0) is 21.8. The van der Waals surface area contributed by atoms with Gasteiger partial charge < -0.3 is 15.7 Å². The van der Waals surface area contributed by atoms with Gasteiger partial charge in [0, 0.05) is 30.9 Å². The Balaban J connectivity index is 0.00000145.